The fourth-order valence-corrected chi connectivity index (χ4v) is 6.11. The molecule has 0 radical (unpaired) electrons. The normalized spacial score (nSPS) is 13.7. The van der Waals surface area contributed by atoms with Crippen LogP contribution in [-0.4, -0.2) is 49.9 Å². The van der Waals surface area contributed by atoms with Crippen molar-refractivity contribution in [2.75, 3.05) is 33.0 Å². The Bertz CT molecular complexity index is 722. The average molecular weight is 676 g/mol. The Morgan fingerprint density at radius 1 is 0.630 bits per heavy atom. The van der Waals surface area contributed by atoms with Gasteiger partial charge in [0.1, 0.15) is 6.10 Å². The van der Waals surface area contributed by atoms with Gasteiger partial charge >= 0.3 is 13.8 Å². The molecular formula is C37H74NO7P. The molecule has 0 saturated heterocycles. The van der Waals surface area contributed by atoms with E-state index in [-0.39, 0.29) is 32.3 Å². The summed E-state index contributed by atoms with van der Waals surface area (Å²) >= 11 is 0. The fourth-order valence-electron chi connectivity index (χ4n) is 5.34. The van der Waals surface area contributed by atoms with Gasteiger partial charge < -0.3 is 20.1 Å². The van der Waals surface area contributed by atoms with E-state index in [0.717, 1.165) is 44.9 Å². The van der Waals surface area contributed by atoms with Crippen LogP contribution in [0.4, 0.5) is 0 Å². The maximum atomic E-state index is 12.5. The van der Waals surface area contributed by atoms with E-state index in [4.69, 9.17) is 24.3 Å². The van der Waals surface area contributed by atoms with Gasteiger partial charge in [0.25, 0.3) is 0 Å². The Labute approximate surface area is 283 Å². The van der Waals surface area contributed by atoms with Crippen LogP contribution in [-0.2, 0) is 27.9 Å². The number of hydrogen-bond donors (Lipinski definition) is 2. The van der Waals surface area contributed by atoms with Gasteiger partial charge in [-0.3, -0.25) is 13.8 Å². The molecule has 0 fully saturated rings. The number of nitrogens with two attached hydrogens (primary N) is 1. The summed E-state index contributed by atoms with van der Waals surface area (Å²) in [5.41, 5.74) is 5.35. The quantitative estimate of drug-likeness (QED) is 0.0289. The molecule has 0 aromatic rings. The number of esters is 1. The molecule has 0 aromatic heterocycles. The number of rotatable bonds is 37. The van der Waals surface area contributed by atoms with Crippen molar-refractivity contribution in [3.63, 3.8) is 0 Å². The van der Waals surface area contributed by atoms with Crippen LogP contribution in [0.15, 0.2) is 12.2 Å². The lowest BCUT2D eigenvalue weighted by Crippen LogP contribution is -2.28. The van der Waals surface area contributed by atoms with Gasteiger partial charge in [-0.25, -0.2) is 4.57 Å². The molecule has 0 rings (SSSR count). The molecule has 274 valence electrons. The molecule has 0 bridgehead atoms. The summed E-state index contributed by atoms with van der Waals surface area (Å²) in [6.07, 6.45) is 35.0. The van der Waals surface area contributed by atoms with Crippen LogP contribution in [0.2, 0.25) is 0 Å². The van der Waals surface area contributed by atoms with Gasteiger partial charge in [-0.2, -0.15) is 0 Å². The predicted octanol–water partition coefficient (Wildman–Crippen LogP) is 10.7. The fraction of sp³-hybridized carbons (Fsp3) is 0.919. The second-order valence-electron chi connectivity index (χ2n) is 12.8. The van der Waals surface area contributed by atoms with E-state index < -0.39 is 13.9 Å². The minimum Gasteiger partial charge on any atom is -0.457 e. The standard InChI is InChI=1S/C37H74NO7P/c1-3-5-7-9-11-13-15-17-19-21-23-25-27-29-32-42-34-36(35-44-46(40,41)43-33-31-38)45-37(39)30-28-26-24-22-20-18-16-14-12-10-8-6-4-2/h14,16,36H,3-13,15,17-35,38H2,1-2H3,(H,40,41). The number of phosphoric acid groups is 1. The number of carbonyl (C=O) groups is 1. The van der Waals surface area contributed by atoms with Crippen LogP contribution < -0.4 is 5.73 Å². The highest BCUT2D eigenvalue weighted by Gasteiger charge is 2.25. The first kappa shape index (κ1) is 45.2. The Hall–Kier alpha value is -0.760. The van der Waals surface area contributed by atoms with Crippen LogP contribution in [0, 0.1) is 0 Å². The summed E-state index contributed by atoms with van der Waals surface area (Å²) in [6, 6.07) is 0. The molecule has 0 spiro atoms. The SMILES string of the molecule is CCCCCCC=CCCCCCCCC(=O)OC(COCCCCCCCCCCCCCCCC)COP(=O)(O)OCCN. The molecule has 2 atom stereocenters. The molecule has 9 heteroatoms. The number of unbranched alkanes of at least 4 members (excludes halogenated alkanes) is 22. The van der Waals surface area contributed by atoms with Gasteiger partial charge in [0.05, 0.1) is 19.8 Å². The summed E-state index contributed by atoms with van der Waals surface area (Å²) in [7, 11) is -4.27. The van der Waals surface area contributed by atoms with E-state index in [1.807, 2.05) is 0 Å². The summed E-state index contributed by atoms with van der Waals surface area (Å²) in [5, 5.41) is 0. The largest absolute Gasteiger partial charge is 0.472 e. The third kappa shape index (κ3) is 34.6. The highest BCUT2D eigenvalue weighted by Crippen LogP contribution is 2.43. The lowest BCUT2D eigenvalue weighted by atomic mass is 10.0. The smallest absolute Gasteiger partial charge is 0.457 e. The molecular weight excluding hydrogens is 601 g/mol. The van der Waals surface area contributed by atoms with Crippen molar-refractivity contribution in [2.45, 2.75) is 187 Å². The third-order valence-electron chi connectivity index (χ3n) is 8.18. The van der Waals surface area contributed by atoms with Crippen molar-refractivity contribution < 1.29 is 32.8 Å². The van der Waals surface area contributed by atoms with E-state index in [0.29, 0.717) is 13.0 Å². The van der Waals surface area contributed by atoms with Crippen LogP contribution in [0.5, 0.6) is 0 Å². The van der Waals surface area contributed by atoms with Gasteiger partial charge in [-0.05, 0) is 38.5 Å². The molecule has 0 amide bonds. The average Bonchev–Trinajstić information content (AvgIpc) is 3.04. The van der Waals surface area contributed by atoms with Crippen molar-refractivity contribution in [2.24, 2.45) is 5.73 Å². The van der Waals surface area contributed by atoms with Crippen molar-refractivity contribution >= 4 is 13.8 Å². The Balaban J connectivity index is 4.08. The van der Waals surface area contributed by atoms with Crippen LogP contribution in [0.3, 0.4) is 0 Å². The Kier molecular flexibility index (Phi) is 35.0. The Morgan fingerprint density at radius 2 is 1.09 bits per heavy atom. The second-order valence-corrected chi connectivity index (χ2v) is 14.2. The van der Waals surface area contributed by atoms with Gasteiger partial charge in [0.2, 0.25) is 0 Å². The lowest BCUT2D eigenvalue weighted by molar-refractivity contribution is -0.154. The Morgan fingerprint density at radius 3 is 1.61 bits per heavy atom. The van der Waals surface area contributed by atoms with E-state index in [1.54, 1.807) is 0 Å². The minimum atomic E-state index is -4.27. The molecule has 0 heterocycles. The zero-order chi connectivity index (χ0) is 33.8. The first-order valence-corrected chi connectivity index (χ1v) is 20.7. The molecule has 46 heavy (non-hydrogen) atoms. The molecule has 0 saturated carbocycles. The first-order chi connectivity index (χ1) is 22.4. The molecule has 0 aliphatic rings. The number of ether oxygens (including phenoxy) is 2. The highest BCUT2D eigenvalue weighted by atomic mass is 31.2. The summed E-state index contributed by atoms with van der Waals surface area (Å²) in [6.45, 7) is 4.92. The van der Waals surface area contributed by atoms with Crippen molar-refractivity contribution in [3.8, 4) is 0 Å². The lowest BCUT2D eigenvalue weighted by Gasteiger charge is -2.20. The summed E-state index contributed by atoms with van der Waals surface area (Å²) in [5.74, 6) is -0.338. The second kappa shape index (κ2) is 35.5. The highest BCUT2D eigenvalue weighted by molar-refractivity contribution is 7.47. The van der Waals surface area contributed by atoms with Crippen LogP contribution >= 0.6 is 7.82 Å². The summed E-state index contributed by atoms with van der Waals surface area (Å²) in [4.78, 5) is 22.3. The van der Waals surface area contributed by atoms with Crippen molar-refractivity contribution in [1.29, 1.82) is 0 Å². The monoisotopic (exact) mass is 676 g/mol. The molecule has 0 aromatic carbocycles. The maximum absolute atomic E-state index is 12.5. The van der Waals surface area contributed by atoms with Gasteiger partial charge in [-0.15, -0.1) is 0 Å². The number of hydrogen-bond acceptors (Lipinski definition) is 7. The van der Waals surface area contributed by atoms with E-state index in [1.165, 1.54) is 116 Å². The van der Waals surface area contributed by atoms with Gasteiger partial charge in [0, 0.05) is 19.6 Å². The van der Waals surface area contributed by atoms with Gasteiger partial charge in [-0.1, -0.05) is 148 Å². The van der Waals surface area contributed by atoms with Crippen LogP contribution in [0.25, 0.3) is 0 Å². The van der Waals surface area contributed by atoms with Crippen LogP contribution in [0.1, 0.15) is 181 Å². The van der Waals surface area contributed by atoms with Crippen molar-refractivity contribution in [1.82, 2.24) is 0 Å². The third-order valence-corrected chi connectivity index (χ3v) is 9.17. The number of allylic oxidation sites excluding steroid dienone is 2. The number of phosphoric ester groups is 1. The minimum absolute atomic E-state index is 0.0941. The van der Waals surface area contributed by atoms with Crippen molar-refractivity contribution in [3.05, 3.63) is 12.2 Å². The zero-order valence-electron chi connectivity index (χ0n) is 30.1. The molecule has 8 nitrogen and oxygen atoms in total. The van der Waals surface area contributed by atoms with E-state index in [2.05, 4.69) is 26.0 Å². The molecule has 0 aliphatic heterocycles. The van der Waals surface area contributed by atoms with Gasteiger partial charge in [0.15, 0.2) is 0 Å². The van der Waals surface area contributed by atoms with E-state index in [9.17, 15) is 14.3 Å². The predicted molar refractivity (Wildman–Crippen MR) is 192 cm³/mol. The molecule has 3 N–H and O–H groups in total. The molecule has 0 aliphatic carbocycles. The summed E-state index contributed by atoms with van der Waals surface area (Å²) < 4.78 is 33.3. The molecule has 2 unspecified atom stereocenters. The first-order valence-electron chi connectivity index (χ1n) is 19.2. The topological polar surface area (TPSA) is 117 Å². The number of carbonyl (C=O) groups excluding carboxylic acids is 1. The maximum Gasteiger partial charge on any atom is 0.472 e. The zero-order valence-corrected chi connectivity index (χ0v) is 31.0. The van der Waals surface area contributed by atoms with E-state index >= 15 is 0 Å².